The molecule has 1 aliphatic rings. The molecule has 1 heterocycles. The van der Waals surface area contributed by atoms with E-state index in [1.165, 1.54) is 40.5 Å². The second-order valence-electron chi connectivity index (χ2n) is 11.3. The molecule has 0 aliphatic heterocycles. The highest BCUT2D eigenvalue weighted by Gasteiger charge is 2.24. The van der Waals surface area contributed by atoms with Crippen LogP contribution in [0.1, 0.15) is 83.0 Å². The molecule has 232 valence electrons. The van der Waals surface area contributed by atoms with Crippen molar-refractivity contribution in [3.8, 4) is 0 Å². The molecule has 1 saturated carbocycles. The number of halogens is 1. The third-order valence-corrected chi connectivity index (χ3v) is 9.21. The van der Waals surface area contributed by atoms with Crippen molar-refractivity contribution in [2.75, 3.05) is 26.8 Å². The average molecular weight is 634 g/mol. The minimum Gasteiger partial charge on any atom is -0.466 e. The molecule has 0 bridgehead atoms. The molecule has 0 spiro atoms. The molecule has 1 fully saturated rings. The number of methoxy groups -OCH3 is 1. The first-order valence-corrected chi connectivity index (χ1v) is 16.6. The van der Waals surface area contributed by atoms with Crippen LogP contribution >= 0.6 is 22.9 Å². The largest absolute Gasteiger partial charge is 0.466 e. The molecule has 4 aromatic rings. The van der Waals surface area contributed by atoms with E-state index < -0.39 is 0 Å². The van der Waals surface area contributed by atoms with Crippen LogP contribution in [-0.2, 0) is 32.2 Å². The van der Waals surface area contributed by atoms with Gasteiger partial charge < -0.3 is 14.2 Å². The Labute approximate surface area is 268 Å². The van der Waals surface area contributed by atoms with Crippen LogP contribution in [0.2, 0.25) is 5.02 Å². The van der Waals surface area contributed by atoms with Crippen molar-refractivity contribution >= 4 is 45.0 Å². The van der Waals surface area contributed by atoms with Gasteiger partial charge in [0.2, 0.25) is 0 Å². The van der Waals surface area contributed by atoms with Gasteiger partial charge in [-0.25, -0.2) is 4.79 Å². The highest BCUT2D eigenvalue weighted by atomic mass is 35.5. The monoisotopic (exact) mass is 633 g/mol. The van der Waals surface area contributed by atoms with Crippen LogP contribution in [0.5, 0.6) is 0 Å². The molecule has 8 heteroatoms. The molecule has 0 saturated heterocycles. The smallest absolute Gasteiger partial charge is 0.337 e. The fourth-order valence-electron chi connectivity index (χ4n) is 5.42. The van der Waals surface area contributed by atoms with Crippen LogP contribution in [-0.4, -0.2) is 43.6 Å². The summed E-state index contributed by atoms with van der Waals surface area (Å²) in [5.41, 5.74) is 4.06. The van der Waals surface area contributed by atoms with Gasteiger partial charge in [0, 0.05) is 34.1 Å². The van der Waals surface area contributed by atoms with Gasteiger partial charge in [0.1, 0.15) is 0 Å². The van der Waals surface area contributed by atoms with E-state index in [0.717, 1.165) is 36.4 Å². The average Bonchev–Trinajstić information content (AvgIpc) is 3.80. The molecule has 44 heavy (non-hydrogen) atoms. The van der Waals surface area contributed by atoms with Crippen molar-refractivity contribution < 1.29 is 23.8 Å². The van der Waals surface area contributed by atoms with Crippen molar-refractivity contribution in [1.29, 1.82) is 0 Å². The zero-order valence-corrected chi connectivity index (χ0v) is 27.0. The Hall–Kier alpha value is -3.23. The third-order valence-electron chi connectivity index (χ3n) is 7.91. The quantitative estimate of drug-likeness (QED) is 0.0908. The number of hydrogen-bond donors (Lipinski definition) is 0. The highest BCUT2D eigenvalue weighted by molar-refractivity contribution is 7.19. The molecule has 1 aromatic heterocycles. The van der Waals surface area contributed by atoms with Crippen LogP contribution < -0.4 is 0 Å². The standard InChI is InChI=1S/C36H40ClNO5S/c1-3-42-35(39)9-4-5-18-38(22-25-10-12-27(13-11-25)36(40)41-2)23-33(29-7-6-8-31(37)19-29)43-24-32-20-30-17-16-28(26-14-15-26)21-34(30)44-32/h6-8,10-13,16-17,19-21,26,33H,3-5,9,14-15,18,22-24H2,1-2H3/t33-/m0/s1. The van der Waals surface area contributed by atoms with Crippen molar-refractivity contribution in [2.24, 2.45) is 0 Å². The van der Waals surface area contributed by atoms with Crippen molar-refractivity contribution in [1.82, 2.24) is 4.90 Å². The third kappa shape index (κ3) is 9.14. The summed E-state index contributed by atoms with van der Waals surface area (Å²) < 4.78 is 18.0. The molecule has 0 radical (unpaired) electrons. The van der Waals surface area contributed by atoms with Gasteiger partial charge in [-0.3, -0.25) is 9.69 Å². The number of esters is 2. The van der Waals surface area contributed by atoms with Crippen molar-refractivity contribution in [2.45, 2.75) is 64.2 Å². The number of carbonyl (C=O) groups excluding carboxylic acids is 2. The molecular formula is C36H40ClNO5S. The molecule has 6 nitrogen and oxygen atoms in total. The lowest BCUT2D eigenvalue weighted by Gasteiger charge is -2.28. The second kappa shape index (κ2) is 15.7. The maximum Gasteiger partial charge on any atom is 0.337 e. The Balaban J connectivity index is 1.32. The zero-order valence-electron chi connectivity index (χ0n) is 25.4. The van der Waals surface area contributed by atoms with Gasteiger partial charge in [-0.2, -0.15) is 0 Å². The number of ether oxygens (including phenoxy) is 3. The number of hydrogen-bond acceptors (Lipinski definition) is 7. The first kappa shape index (κ1) is 32.2. The molecule has 5 rings (SSSR count). The first-order valence-electron chi connectivity index (χ1n) is 15.4. The summed E-state index contributed by atoms with van der Waals surface area (Å²) in [4.78, 5) is 27.4. The fourth-order valence-corrected chi connectivity index (χ4v) is 6.65. The van der Waals surface area contributed by atoms with E-state index in [2.05, 4.69) is 35.2 Å². The summed E-state index contributed by atoms with van der Waals surface area (Å²) in [6.45, 7) is 4.78. The van der Waals surface area contributed by atoms with Gasteiger partial charge >= 0.3 is 11.9 Å². The molecule has 3 aromatic carbocycles. The van der Waals surface area contributed by atoms with E-state index in [9.17, 15) is 9.59 Å². The van der Waals surface area contributed by atoms with Crippen LogP contribution in [0.25, 0.3) is 10.1 Å². The van der Waals surface area contributed by atoms with Crippen LogP contribution in [0, 0.1) is 0 Å². The zero-order chi connectivity index (χ0) is 30.9. The van der Waals surface area contributed by atoms with Gasteiger partial charge in [-0.15, -0.1) is 11.3 Å². The Morgan fingerprint density at radius 3 is 2.57 bits per heavy atom. The van der Waals surface area contributed by atoms with Gasteiger partial charge in [-0.05, 0) is 104 Å². The van der Waals surface area contributed by atoms with Crippen LogP contribution in [0.15, 0.2) is 72.8 Å². The number of fused-ring (bicyclic) bond motifs is 1. The lowest BCUT2D eigenvalue weighted by molar-refractivity contribution is -0.143. The Kier molecular flexibility index (Phi) is 11.5. The van der Waals surface area contributed by atoms with E-state index in [-0.39, 0.29) is 18.0 Å². The van der Waals surface area contributed by atoms with E-state index in [4.69, 9.17) is 25.8 Å². The minimum atomic E-state index is -0.355. The Bertz CT molecular complexity index is 1550. The number of thiophene rings is 1. The van der Waals surface area contributed by atoms with E-state index >= 15 is 0 Å². The molecule has 0 N–H and O–H groups in total. The summed E-state index contributed by atoms with van der Waals surface area (Å²) in [6, 6.07) is 24.5. The number of carbonyl (C=O) groups is 2. The minimum absolute atomic E-state index is 0.162. The lowest BCUT2D eigenvalue weighted by Crippen LogP contribution is -2.30. The number of benzene rings is 3. The maximum atomic E-state index is 12.0. The van der Waals surface area contributed by atoms with E-state index in [1.807, 2.05) is 37.3 Å². The molecule has 1 atom stereocenters. The first-order chi connectivity index (χ1) is 21.4. The molecule has 1 aliphatic carbocycles. The highest BCUT2D eigenvalue weighted by Crippen LogP contribution is 2.42. The van der Waals surface area contributed by atoms with Gasteiger partial charge in [-0.1, -0.05) is 48.0 Å². The number of unbranched alkanes of at least 4 members (excludes halogenated alkanes) is 1. The van der Waals surface area contributed by atoms with Gasteiger partial charge in [0.05, 0.1) is 32.0 Å². The number of nitrogens with zero attached hydrogens (tertiary/aromatic N) is 1. The topological polar surface area (TPSA) is 65.1 Å². The van der Waals surface area contributed by atoms with Gasteiger partial charge in [0.15, 0.2) is 0 Å². The lowest BCUT2D eigenvalue weighted by atomic mass is 10.1. The normalized spacial score (nSPS) is 13.7. The maximum absolute atomic E-state index is 12.0. The summed E-state index contributed by atoms with van der Waals surface area (Å²) in [5, 5.41) is 1.93. The van der Waals surface area contributed by atoms with E-state index in [0.29, 0.717) is 43.3 Å². The predicted molar refractivity (Wildman–Crippen MR) is 176 cm³/mol. The summed E-state index contributed by atoms with van der Waals surface area (Å²) >= 11 is 8.23. The molecule has 0 amide bonds. The summed E-state index contributed by atoms with van der Waals surface area (Å²) in [6.07, 6.45) is 4.34. The van der Waals surface area contributed by atoms with Crippen molar-refractivity contribution in [3.05, 3.63) is 105 Å². The van der Waals surface area contributed by atoms with Crippen LogP contribution in [0.3, 0.4) is 0 Å². The fraction of sp³-hybridized carbons (Fsp3) is 0.389. The number of rotatable bonds is 16. The predicted octanol–water partition coefficient (Wildman–Crippen LogP) is 8.71. The van der Waals surface area contributed by atoms with Crippen LogP contribution in [0.4, 0.5) is 0 Å². The second-order valence-corrected chi connectivity index (χ2v) is 12.9. The SMILES string of the molecule is CCOC(=O)CCCCN(Cc1ccc(C(=O)OC)cc1)C[C@H](OCc1cc2ccc(C3CC3)cc2s1)c1cccc(Cl)c1. The van der Waals surface area contributed by atoms with E-state index in [1.54, 1.807) is 23.5 Å². The Morgan fingerprint density at radius 2 is 1.84 bits per heavy atom. The molecular weight excluding hydrogens is 594 g/mol. The van der Waals surface area contributed by atoms with Crippen molar-refractivity contribution in [3.63, 3.8) is 0 Å². The summed E-state index contributed by atoms with van der Waals surface area (Å²) in [5.74, 6) is 0.213. The van der Waals surface area contributed by atoms with Gasteiger partial charge in [0.25, 0.3) is 0 Å². The Morgan fingerprint density at radius 1 is 1.02 bits per heavy atom. The summed E-state index contributed by atoms with van der Waals surface area (Å²) in [7, 11) is 1.38. The molecule has 0 unspecified atom stereocenters.